The van der Waals surface area contributed by atoms with Gasteiger partial charge in [-0.15, -0.1) is 0 Å². The predicted molar refractivity (Wildman–Crippen MR) is 123 cm³/mol. The van der Waals surface area contributed by atoms with E-state index >= 15 is 0 Å². The first-order valence-corrected chi connectivity index (χ1v) is 11.7. The van der Waals surface area contributed by atoms with Crippen LogP contribution >= 0.6 is 0 Å². The number of hydrogen-bond donors (Lipinski definition) is 4. The number of rotatable bonds is 13. The molecular weight excluding hydrogens is 444 g/mol. The third-order valence-corrected chi connectivity index (χ3v) is 5.78. The van der Waals surface area contributed by atoms with E-state index < -0.39 is 49.9 Å². The van der Waals surface area contributed by atoms with Crippen molar-refractivity contribution in [1.82, 2.24) is 0 Å². The lowest BCUT2D eigenvalue weighted by Crippen LogP contribution is -2.59. The van der Waals surface area contributed by atoms with Gasteiger partial charge in [-0.2, -0.15) is 0 Å². The molecule has 0 amide bonds. The first kappa shape index (κ1) is 26.3. The SMILES string of the molecule is O=C(CO[C@H]1[C@H](O)[C@@H](CO)OC(O)[C@@H]1O)OCCCCCCCOc1ccc2ccccc2c1. The quantitative estimate of drug-likeness (QED) is 0.250. The topological polar surface area (TPSA) is 135 Å². The molecule has 9 nitrogen and oxygen atoms in total. The van der Waals surface area contributed by atoms with Crippen molar-refractivity contribution < 1.29 is 44.2 Å². The van der Waals surface area contributed by atoms with Crippen molar-refractivity contribution in [3.05, 3.63) is 42.5 Å². The van der Waals surface area contributed by atoms with Crippen LogP contribution in [-0.4, -0.2) is 83.5 Å². The van der Waals surface area contributed by atoms with Crippen LogP contribution < -0.4 is 4.74 Å². The molecular formula is C25H34O9. The maximum absolute atomic E-state index is 11.9. The second-order valence-corrected chi connectivity index (χ2v) is 8.35. The number of aliphatic hydroxyl groups is 4. The summed E-state index contributed by atoms with van der Waals surface area (Å²) in [6.45, 7) is -0.155. The molecule has 5 atom stereocenters. The van der Waals surface area contributed by atoms with Gasteiger partial charge in [0, 0.05) is 0 Å². The average Bonchev–Trinajstić information content (AvgIpc) is 2.85. The molecule has 34 heavy (non-hydrogen) atoms. The summed E-state index contributed by atoms with van der Waals surface area (Å²) < 4.78 is 21.0. The van der Waals surface area contributed by atoms with Gasteiger partial charge < -0.3 is 39.4 Å². The van der Waals surface area contributed by atoms with Crippen LogP contribution in [-0.2, 0) is 19.0 Å². The zero-order chi connectivity index (χ0) is 24.3. The van der Waals surface area contributed by atoms with Gasteiger partial charge >= 0.3 is 5.97 Å². The largest absolute Gasteiger partial charge is 0.494 e. The van der Waals surface area contributed by atoms with E-state index in [-0.39, 0.29) is 6.61 Å². The number of unbranched alkanes of at least 4 members (excludes halogenated alkanes) is 4. The van der Waals surface area contributed by atoms with Gasteiger partial charge in [0.05, 0.1) is 19.8 Å². The number of hydrogen-bond acceptors (Lipinski definition) is 9. The van der Waals surface area contributed by atoms with Gasteiger partial charge in [-0.25, -0.2) is 4.79 Å². The molecule has 1 saturated heterocycles. The predicted octanol–water partition coefficient (Wildman–Crippen LogP) is 1.53. The van der Waals surface area contributed by atoms with Crippen LogP contribution in [0.4, 0.5) is 0 Å². The number of benzene rings is 2. The van der Waals surface area contributed by atoms with Gasteiger partial charge in [0.2, 0.25) is 0 Å². The summed E-state index contributed by atoms with van der Waals surface area (Å²) in [5.74, 6) is 0.236. The molecule has 0 bridgehead atoms. The Labute approximate surface area is 198 Å². The Morgan fingerprint density at radius 2 is 1.59 bits per heavy atom. The molecule has 0 spiro atoms. The molecule has 0 aromatic heterocycles. The maximum atomic E-state index is 11.9. The van der Waals surface area contributed by atoms with Crippen molar-refractivity contribution in [2.75, 3.05) is 26.4 Å². The molecule has 0 aliphatic carbocycles. The summed E-state index contributed by atoms with van der Waals surface area (Å²) in [7, 11) is 0. The molecule has 4 N–H and O–H groups in total. The van der Waals surface area contributed by atoms with E-state index in [4.69, 9.17) is 24.1 Å². The lowest BCUT2D eigenvalue weighted by molar-refractivity contribution is -0.294. The van der Waals surface area contributed by atoms with Crippen molar-refractivity contribution in [3.8, 4) is 5.75 Å². The van der Waals surface area contributed by atoms with Crippen molar-refractivity contribution >= 4 is 16.7 Å². The molecule has 3 rings (SSSR count). The standard InChI is InChI=1S/C25H34O9/c26-15-20-22(28)24(23(29)25(30)34-20)33-16-21(27)32-13-7-3-1-2-6-12-31-19-11-10-17-8-4-5-9-18(17)14-19/h4-5,8-11,14,20,22-26,28-30H,1-3,6-7,12-13,15-16H2/t20-,22-,23-,24+,25?/m1/s1. The lowest BCUT2D eigenvalue weighted by Gasteiger charge is -2.39. The first-order chi connectivity index (χ1) is 16.5. The molecule has 0 saturated carbocycles. The first-order valence-electron chi connectivity index (χ1n) is 11.7. The molecule has 0 radical (unpaired) electrons. The summed E-state index contributed by atoms with van der Waals surface area (Å²) in [6, 6.07) is 14.2. The van der Waals surface area contributed by atoms with E-state index in [9.17, 15) is 20.1 Å². The van der Waals surface area contributed by atoms with E-state index in [1.807, 2.05) is 24.3 Å². The molecule has 1 aliphatic heterocycles. The Balaban J connectivity index is 1.21. The van der Waals surface area contributed by atoms with Crippen molar-refractivity contribution in [1.29, 1.82) is 0 Å². The number of carbonyl (C=O) groups is 1. The van der Waals surface area contributed by atoms with Crippen LogP contribution in [0.1, 0.15) is 32.1 Å². The van der Waals surface area contributed by atoms with Gasteiger partial charge in [-0.05, 0) is 35.7 Å². The maximum Gasteiger partial charge on any atom is 0.332 e. The van der Waals surface area contributed by atoms with Crippen LogP contribution in [0.15, 0.2) is 42.5 Å². The van der Waals surface area contributed by atoms with E-state index in [1.165, 1.54) is 5.39 Å². The van der Waals surface area contributed by atoms with Gasteiger partial charge in [0.15, 0.2) is 6.29 Å². The highest BCUT2D eigenvalue weighted by atomic mass is 16.6. The smallest absolute Gasteiger partial charge is 0.332 e. The number of fused-ring (bicyclic) bond motifs is 1. The minimum absolute atomic E-state index is 0.247. The highest BCUT2D eigenvalue weighted by Gasteiger charge is 2.44. The molecule has 1 aliphatic rings. The molecule has 1 fully saturated rings. The summed E-state index contributed by atoms with van der Waals surface area (Å²) in [4.78, 5) is 11.9. The van der Waals surface area contributed by atoms with Crippen LogP contribution in [0, 0.1) is 0 Å². The molecule has 9 heteroatoms. The van der Waals surface area contributed by atoms with Gasteiger partial charge in [-0.3, -0.25) is 0 Å². The zero-order valence-corrected chi connectivity index (χ0v) is 19.1. The minimum Gasteiger partial charge on any atom is -0.494 e. The number of ether oxygens (including phenoxy) is 4. The Kier molecular flexibility index (Phi) is 10.5. The molecule has 2 aromatic rings. The van der Waals surface area contributed by atoms with E-state index in [0.717, 1.165) is 36.8 Å². The van der Waals surface area contributed by atoms with Crippen LogP contribution in [0.3, 0.4) is 0 Å². The molecule has 1 unspecified atom stereocenters. The monoisotopic (exact) mass is 478 g/mol. The lowest BCUT2D eigenvalue weighted by atomic mass is 9.99. The van der Waals surface area contributed by atoms with E-state index in [0.29, 0.717) is 13.0 Å². The summed E-state index contributed by atoms with van der Waals surface area (Å²) in [5, 5.41) is 41.0. The van der Waals surface area contributed by atoms with Crippen LogP contribution in [0.5, 0.6) is 5.75 Å². The Bertz CT molecular complexity index is 890. The fraction of sp³-hybridized carbons (Fsp3) is 0.560. The molecule has 1 heterocycles. The number of aliphatic hydroxyl groups excluding tert-OH is 4. The second kappa shape index (κ2) is 13.6. The summed E-state index contributed by atoms with van der Waals surface area (Å²) >= 11 is 0. The third-order valence-electron chi connectivity index (χ3n) is 5.78. The van der Waals surface area contributed by atoms with Crippen LogP contribution in [0.25, 0.3) is 10.8 Å². The van der Waals surface area contributed by atoms with Gasteiger partial charge in [-0.1, -0.05) is 49.6 Å². The van der Waals surface area contributed by atoms with Gasteiger partial charge in [0.25, 0.3) is 0 Å². The van der Waals surface area contributed by atoms with Crippen LogP contribution in [0.2, 0.25) is 0 Å². The normalized spacial score (nSPS) is 24.8. The minimum atomic E-state index is -1.63. The third kappa shape index (κ3) is 7.63. The summed E-state index contributed by atoms with van der Waals surface area (Å²) in [6.07, 6.45) is -2.37. The highest BCUT2D eigenvalue weighted by molar-refractivity contribution is 5.83. The second-order valence-electron chi connectivity index (χ2n) is 8.35. The Hall–Kier alpha value is -2.27. The van der Waals surface area contributed by atoms with Crippen molar-refractivity contribution in [2.45, 2.75) is 62.8 Å². The Morgan fingerprint density at radius 1 is 0.882 bits per heavy atom. The Morgan fingerprint density at radius 3 is 2.35 bits per heavy atom. The van der Waals surface area contributed by atoms with E-state index in [1.54, 1.807) is 0 Å². The average molecular weight is 479 g/mol. The zero-order valence-electron chi connectivity index (χ0n) is 19.1. The number of carbonyl (C=O) groups excluding carboxylic acids is 1. The molecule has 188 valence electrons. The van der Waals surface area contributed by atoms with Crippen molar-refractivity contribution in [3.63, 3.8) is 0 Å². The van der Waals surface area contributed by atoms with E-state index in [2.05, 4.69) is 18.2 Å². The number of esters is 1. The fourth-order valence-corrected chi connectivity index (χ4v) is 3.84. The fourth-order valence-electron chi connectivity index (χ4n) is 3.84. The summed E-state index contributed by atoms with van der Waals surface area (Å²) in [5.41, 5.74) is 0. The molecule has 2 aromatic carbocycles. The highest BCUT2D eigenvalue weighted by Crippen LogP contribution is 2.23. The van der Waals surface area contributed by atoms with Crippen molar-refractivity contribution in [2.24, 2.45) is 0 Å². The van der Waals surface area contributed by atoms with Gasteiger partial charge in [0.1, 0.15) is 36.8 Å².